The molecule has 6 heteroatoms. The van der Waals surface area contributed by atoms with Gasteiger partial charge in [0, 0.05) is 12.6 Å². The number of hydrogen-bond donors (Lipinski definition) is 2. The number of nitrogens with zero attached hydrogens (tertiary/aromatic N) is 1. The quantitative estimate of drug-likeness (QED) is 0.467. The molecule has 0 bridgehead atoms. The fraction of sp³-hybridized carbons (Fsp3) is 0.346. The molecule has 0 radical (unpaired) electrons. The molecule has 1 aliphatic rings. The molecule has 3 rings (SSSR count). The number of benzene rings is 2. The zero-order valence-corrected chi connectivity index (χ0v) is 18.2. The second-order valence-corrected chi connectivity index (χ2v) is 7.92. The van der Waals surface area contributed by atoms with Gasteiger partial charge >= 0.3 is 0 Å². The number of amides is 2. The van der Waals surface area contributed by atoms with Crippen LogP contribution in [0.1, 0.15) is 43.2 Å². The number of ether oxygens (including phenoxy) is 1. The Hall–Kier alpha value is -3.59. The van der Waals surface area contributed by atoms with Gasteiger partial charge in [-0.3, -0.25) is 9.59 Å². The second-order valence-electron chi connectivity index (χ2n) is 7.92. The van der Waals surface area contributed by atoms with Crippen LogP contribution >= 0.6 is 0 Å². The van der Waals surface area contributed by atoms with Crippen LogP contribution in [0.4, 0.5) is 0 Å². The summed E-state index contributed by atoms with van der Waals surface area (Å²) in [5.41, 5.74) is 1.87. The van der Waals surface area contributed by atoms with Crippen molar-refractivity contribution in [3.63, 3.8) is 0 Å². The summed E-state index contributed by atoms with van der Waals surface area (Å²) in [6.07, 6.45) is 7.88. The summed E-state index contributed by atoms with van der Waals surface area (Å²) < 4.78 is 5.56. The minimum absolute atomic E-state index is 0.0288. The lowest BCUT2D eigenvalue weighted by atomic mass is 9.95. The van der Waals surface area contributed by atoms with Gasteiger partial charge < -0.3 is 15.4 Å². The van der Waals surface area contributed by atoms with E-state index >= 15 is 0 Å². The first kappa shape index (κ1) is 23.1. The Kier molecular flexibility index (Phi) is 8.88. The minimum atomic E-state index is -0.400. The lowest BCUT2D eigenvalue weighted by Crippen LogP contribution is -2.38. The summed E-state index contributed by atoms with van der Waals surface area (Å²) in [4.78, 5) is 24.4. The molecule has 2 aromatic rings. The average molecular weight is 432 g/mol. The number of hydrogen-bond acceptors (Lipinski definition) is 4. The first-order valence-corrected chi connectivity index (χ1v) is 11.1. The predicted octanol–water partition coefficient (Wildman–Crippen LogP) is 3.78. The van der Waals surface area contributed by atoms with Gasteiger partial charge in [-0.1, -0.05) is 61.7 Å². The third-order valence-corrected chi connectivity index (χ3v) is 5.44. The molecule has 32 heavy (non-hydrogen) atoms. The van der Waals surface area contributed by atoms with Crippen molar-refractivity contribution in [3.05, 3.63) is 71.3 Å². The van der Waals surface area contributed by atoms with Crippen LogP contribution < -0.4 is 15.4 Å². The first-order chi connectivity index (χ1) is 15.6. The van der Waals surface area contributed by atoms with E-state index in [0.717, 1.165) is 31.2 Å². The second kappa shape index (κ2) is 12.3. The number of nitrogens with one attached hydrogen (secondary N) is 2. The Labute approximate surface area is 189 Å². The van der Waals surface area contributed by atoms with Crippen LogP contribution in [0, 0.1) is 11.3 Å². The Balaban J connectivity index is 1.46. The van der Waals surface area contributed by atoms with Crippen molar-refractivity contribution in [2.24, 2.45) is 0 Å². The maximum Gasteiger partial charge on any atom is 0.261 e. The normalized spacial score (nSPS) is 14.3. The van der Waals surface area contributed by atoms with E-state index in [1.54, 1.807) is 24.3 Å². The zero-order chi connectivity index (χ0) is 22.6. The van der Waals surface area contributed by atoms with E-state index in [1.165, 1.54) is 12.5 Å². The van der Waals surface area contributed by atoms with Gasteiger partial charge in [-0.2, -0.15) is 5.26 Å². The predicted molar refractivity (Wildman–Crippen MR) is 124 cm³/mol. The summed E-state index contributed by atoms with van der Waals surface area (Å²) in [6.45, 7) is 0.427. The van der Waals surface area contributed by atoms with E-state index in [0.29, 0.717) is 24.3 Å². The monoisotopic (exact) mass is 431 g/mol. The van der Waals surface area contributed by atoms with Gasteiger partial charge in [-0.25, -0.2) is 0 Å². The SMILES string of the molecule is N#C/C(=C\c1ccc(OCC(=O)NC2CCCCC2)cc1)C(=O)NCCc1ccccc1. The van der Waals surface area contributed by atoms with E-state index < -0.39 is 5.91 Å². The molecule has 0 aliphatic heterocycles. The number of rotatable bonds is 9. The van der Waals surface area contributed by atoms with Crippen molar-refractivity contribution < 1.29 is 14.3 Å². The standard InChI is InChI=1S/C26H29N3O3/c27-18-22(26(31)28-16-15-20-7-3-1-4-8-20)17-21-11-13-24(14-12-21)32-19-25(30)29-23-9-5-2-6-10-23/h1,3-4,7-8,11-14,17,23H,2,5-6,9-10,15-16,19H2,(H,28,31)(H,29,30)/b22-17+. The molecule has 166 valence electrons. The fourth-order valence-corrected chi connectivity index (χ4v) is 3.70. The van der Waals surface area contributed by atoms with E-state index in [9.17, 15) is 14.9 Å². The summed E-state index contributed by atoms with van der Waals surface area (Å²) in [5, 5.41) is 15.2. The zero-order valence-electron chi connectivity index (χ0n) is 18.2. The Morgan fingerprint density at radius 3 is 2.44 bits per heavy atom. The Bertz CT molecular complexity index is 956. The van der Waals surface area contributed by atoms with Crippen LogP contribution in [0.15, 0.2) is 60.2 Å². The first-order valence-electron chi connectivity index (χ1n) is 11.1. The molecule has 2 N–H and O–H groups in total. The van der Waals surface area contributed by atoms with Crippen molar-refractivity contribution in [3.8, 4) is 11.8 Å². The van der Waals surface area contributed by atoms with Crippen LogP contribution in [0.2, 0.25) is 0 Å². The fourth-order valence-electron chi connectivity index (χ4n) is 3.70. The molecule has 0 heterocycles. The molecule has 1 fully saturated rings. The molecule has 0 spiro atoms. The Morgan fingerprint density at radius 1 is 1.03 bits per heavy atom. The van der Waals surface area contributed by atoms with Crippen molar-refractivity contribution in [1.82, 2.24) is 10.6 Å². The van der Waals surface area contributed by atoms with Crippen LogP contribution in [0.5, 0.6) is 5.75 Å². The van der Waals surface area contributed by atoms with Gasteiger partial charge in [0.25, 0.3) is 11.8 Å². The van der Waals surface area contributed by atoms with Gasteiger partial charge in [-0.15, -0.1) is 0 Å². The van der Waals surface area contributed by atoms with E-state index in [1.807, 2.05) is 36.4 Å². The van der Waals surface area contributed by atoms with Gasteiger partial charge in [-0.05, 0) is 48.6 Å². The molecule has 0 atom stereocenters. The molecule has 0 aromatic heterocycles. The molecule has 2 aromatic carbocycles. The lowest BCUT2D eigenvalue weighted by molar-refractivity contribution is -0.124. The van der Waals surface area contributed by atoms with E-state index in [-0.39, 0.29) is 24.1 Å². The minimum Gasteiger partial charge on any atom is -0.484 e. The molecular formula is C26H29N3O3. The molecule has 6 nitrogen and oxygen atoms in total. The largest absolute Gasteiger partial charge is 0.484 e. The summed E-state index contributed by atoms with van der Waals surface area (Å²) >= 11 is 0. The Morgan fingerprint density at radius 2 is 1.75 bits per heavy atom. The van der Waals surface area contributed by atoms with Gasteiger partial charge in [0.05, 0.1) is 0 Å². The molecule has 1 saturated carbocycles. The number of nitriles is 1. The lowest BCUT2D eigenvalue weighted by Gasteiger charge is -2.22. The molecule has 2 amide bonds. The molecular weight excluding hydrogens is 402 g/mol. The molecule has 1 aliphatic carbocycles. The van der Waals surface area contributed by atoms with Crippen LogP contribution in [0.3, 0.4) is 0 Å². The maximum absolute atomic E-state index is 12.3. The smallest absolute Gasteiger partial charge is 0.261 e. The summed E-state index contributed by atoms with van der Waals surface area (Å²) in [5.74, 6) is 0.0507. The van der Waals surface area contributed by atoms with Gasteiger partial charge in [0.2, 0.25) is 0 Å². The van der Waals surface area contributed by atoms with Crippen molar-refractivity contribution >= 4 is 17.9 Å². The van der Waals surface area contributed by atoms with Crippen LogP contribution in [-0.2, 0) is 16.0 Å². The van der Waals surface area contributed by atoms with Crippen molar-refractivity contribution in [2.75, 3.05) is 13.2 Å². The topological polar surface area (TPSA) is 91.2 Å². The summed E-state index contributed by atoms with van der Waals surface area (Å²) in [6, 6.07) is 19.0. The molecule has 0 saturated heterocycles. The highest BCUT2D eigenvalue weighted by Gasteiger charge is 2.15. The highest BCUT2D eigenvalue weighted by Crippen LogP contribution is 2.18. The third-order valence-electron chi connectivity index (χ3n) is 5.44. The van der Waals surface area contributed by atoms with Gasteiger partial charge in [0.1, 0.15) is 17.4 Å². The highest BCUT2D eigenvalue weighted by atomic mass is 16.5. The van der Waals surface area contributed by atoms with Crippen LogP contribution in [0.25, 0.3) is 6.08 Å². The van der Waals surface area contributed by atoms with E-state index in [2.05, 4.69) is 10.6 Å². The third kappa shape index (κ3) is 7.59. The summed E-state index contributed by atoms with van der Waals surface area (Å²) in [7, 11) is 0. The maximum atomic E-state index is 12.3. The van der Waals surface area contributed by atoms with Crippen molar-refractivity contribution in [2.45, 2.75) is 44.6 Å². The average Bonchev–Trinajstić information content (AvgIpc) is 2.83. The molecule has 0 unspecified atom stereocenters. The number of carbonyl (C=O) groups excluding carboxylic acids is 2. The number of carbonyl (C=O) groups is 2. The van der Waals surface area contributed by atoms with Gasteiger partial charge in [0.15, 0.2) is 6.61 Å². The van der Waals surface area contributed by atoms with E-state index in [4.69, 9.17) is 4.74 Å². The highest BCUT2D eigenvalue weighted by molar-refractivity contribution is 6.01. The van der Waals surface area contributed by atoms with Crippen molar-refractivity contribution in [1.29, 1.82) is 5.26 Å². The van der Waals surface area contributed by atoms with Crippen LogP contribution in [-0.4, -0.2) is 31.0 Å².